The number of para-hydroxylation sites is 1. The van der Waals surface area contributed by atoms with Crippen LogP contribution < -0.4 is 4.74 Å². The number of carbonyl (C=O) groups excluding carboxylic acids is 1. The second-order valence-corrected chi connectivity index (χ2v) is 8.24. The van der Waals surface area contributed by atoms with Gasteiger partial charge in [-0.15, -0.1) is 0 Å². The Bertz CT molecular complexity index is 1220. The zero-order chi connectivity index (χ0) is 22.7. The fourth-order valence-electron chi connectivity index (χ4n) is 4.55. The molecule has 3 aromatic rings. The summed E-state index contributed by atoms with van der Waals surface area (Å²) in [7, 11) is 3.01. The normalized spacial score (nSPS) is 16.7. The number of ether oxygens (including phenoxy) is 2. The average molecular weight is 429 g/mol. The Morgan fingerprint density at radius 1 is 1.16 bits per heavy atom. The number of nitrogens with one attached hydrogen (secondary N) is 1. The molecular weight excluding hydrogens is 400 g/mol. The Kier molecular flexibility index (Phi) is 5.99. The first-order valence-corrected chi connectivity index (χ1v) is 10.7. The minimum absolute atomic E-state index is 0.129. The molecule has 1 aliphatic heterocycles. The summed E-state index contributed by atoms with van der Waals surface area (Å²) in [6, 6.07) is 13.7. The van der Waals surface area contributed by atoms with Gasteiger partial charge >= 0.3 is 5.97 Å². The molecule has 0 spiro atoms. The lowest BCUT2D eigenvalue weighted by molar-refractivity contribution is 0.0600. The van der Waals surface area contributed by atoms with Crippen molar-refractivity contribution in [2.45, 2.75) is 31.7 Å². The van der Waals surface area contributed by atoms with Crippen molar-refractivity contribution in [1.82, 2.24) is 4.98 Å². The Morgan fingerprint density at radius 2 is 1.97 bits per heavy atom. The molecule has 0 bridgehead atoms. The molecule has 0 saturated carbocycles. The van der Waals surface area contributed by atoms with Crippen molar-refractivity contribution in [2.75, 3.05) is 14.2 Å². The number of hydrogen-bond donors (Lipinski definition) is 1. The molecule has 164 valence electrons. The second-order valence-electron chi connectivity index (χ2n) is 8.24. The van der Waals surface area contributed by atoms with E-state index in [4.69, 9.17) is 14.5 Å². The average Bonchev–Trinajstić information content (AvgIpc) is 3.50. The number of H-pyrrole nitrogens is 1. The van der Waals surface area contributed by atoms with Gasteiger partial charge in [-0.25, -0.2) is 4.79 Å². The first-order valence-electron chi connectivity index (χ1n) is 10.7. The maximum atomic E-state index is 12.2. The largest absolute Gasteiger partial charge is 0.496 e. The maximum absolute atomic E-state index is 12.2. The van der Waals surface area contributed by atoms with Crippen LogP contribution in [-0.4, -0.2) is 37.4 Å². The Hall–Kier alpha value is -3.60. The van der Waals surface area contributed by atoms with Gasteiger partial charge in [0.05, 0.1) is 31.2 Å². The van der Waals surface area contributed by atoms with Crippen LogP contribution in [0.5, 0.6) is 5.75 Å². The van der Waals surface area contributed by atoms with Crippen molar-refractivity contribution in [2.24, 2.45) is 4.99 Å². The molecule has 4 rings (SSSR count). The summed E-state index contributed by atoms with van der Waals surface area (Å²) in [5.41, 5.74) is 4.33. The van der Waals surface area contributed by atoms with Crippen LogP contribution in [0, 0.1) is 0 Å². The zero-order valence-corrected chi connectivity index (χ0v) is 18.9. The molecule has 2 heterocycles. The summed E-state index contributed by atoms with van der Waals surface area (Å²) in [4.78, 5) is 20.5. The van der Waals surface area contributed by atoms with Crippen LogP contribution >= 0.6 is 0 Å². The van der Waals surface area contributed by atoms with Crippen molar-refractivity contribution in [3.8, 4) is 5.75 Å². The molecule has 5 nitrogen and oxygen atoms in total. The molecule has 2 atom stereocenters. The topological polar surface area (TPSA) is 63.7 Å². The van der Waals surface area contributed by atoms with E-state index < -0.39 is 11.4 Å². The van der Waals surface area contributed by atoms with E-state index in [9.17, 15) is 4.79 Å². The minimum Gasteiger partial charge on any atom is -0.496 e. The molecule has 1 N–H and O–H groups in total. The van der Waals surface area contributed by atoms with Crippen LogP contribution in [0.4, 0.5) is 0 Å². The van der Waals surface area contributed by atoms with E-state index in [0.29, 0.717) is 11.3 Å². The molecule has 1 aliphatic rings. The predicted octanol–water partition coefficient (Wildman–Crippen LogP) is 5.61. The van der Waals surface area contributed by atoms with Gasteiger partial charge in [-0.1, -0.05) is 42.0 Å². The van der Waals surface area contributed by atoms with Gasteiger partial charge in [-0.3, -0.25) is 4.99 Å². The van der Waals surface area contributed by atoms with Crippen molar-refractivity contribution < 1.29 is 14.3 Å². The molecule has 0 saturated heterocycles. The third-order valence-corrected chi connectivity index (χ3v) is 6.14. The summed E-state index contributed by atoms with van der Waals surface area (Å²) < 4.78 is 10.8. The van der Waals surface area contributed by atoms with Crippen LogP contribution in [0.3, 0.4) is 0 Å². The quantitative estimate of drug-likeness (QED) is 0.393. The molecule has 0 aliphatic carbocycles. The highest BCUT2D eigenvalue weighted by atomic mass is 16.5. The summed E-state index contributed by atoms with van der Waals surface area (Å²) >= 11 is 0. The molecule has 0 amide bonds. The van der Waals surface area contributed by atoms with Crippen molar-refractivity contribution in [1.29, 1.82) is 0 Å². The van der Waals surface area contributed by atoms with Gasteiger partial charge in [0.2, 0.25) is 0 Å². The fourth-order valence-corrected chi connectivity index (χ4v) is 4.55. The van der Waals surface area contributed by atoms with Crippen LogP contribution in [0.1, 0.15) is 41.8 Å². The summed E-state index contributed by atoms with van der Waals surface area (Å²) in [6.45, 7) is 4.21. The third-order valence-electron chi connectivity index (χ3n) is 6.14. The maximum Gasteiger partial charge on any atom is 0.337 e. The number of esters is 1. The number of methoxy groups -OCH3 is 2. The van der Waals surface area contributed by atoms with Crippen LogP contribution in [-0.2, 0) is 10.2 Å². The molecule has 0 fully saturated rings. The van der Waals surface area contributed by atoms with Crippen molar-refractivity contribution in [3.05, 3.63) is 89.2 Å². The lowest BCUT2D eigenvalue weighted by atomic mass is 9.66. The lowest BCUT2D eigenvalue weighted by Crippen LogP contribution is -2.38. The number of rotatable bonds is 7. The number of aromatic amines is 1. The van der Waals surface area contributed by atoms with Crippen LogP contribution in [0.2, 0.25) is 0 Å². The number of carbonyl (C=O) groups is 1. The minimum atomic E-state index is -0.541. The number of aromatic nitrogens is 1. The number of allylic oxidation sites excluding steroid dienone is 3. The predicted molar refractivity (Wildman–Crippen MR) is 129 cm³/mol. The number of hydrogen-bond acceptors (Lipinski definition) is 4. The standard InChI is InChI=1S/C27H28N2O3/c1-18(2)13-14-27(25-10-7-15-28-25,22-17-29-23-9-6-5-8-20(22)23)21-12-11-19(26(30)32-4)16-24(21)31-3/h5-13,15-17,25,29H,14H2,1-4H3. The fraction of sp³-hybridized carbons (Fsp3) is 0.259. The van der Waals surface area contributed by atoms with E-state index in [0.717, 1.165) is 28.5 Å². The summed E-state index contributed by atoms with van der Waals surface area (Å²) in [6.07, 6.45) is 11.0. The Balaban J connectivity index is 2.05. The van der Waals surface area contributed by atoms with Gasteiger partial charge in [0.1, 0.15) is 5.75 Å². The van der Waals surface area contributed by atoms with Crippen LogP contribution in [0.15, 0.2) is 77.5 Å². The van der Waals surface area contributed by atoms with E-state index in [1.807, 2.05) is 24.4 Å². The lowest BCUT2D eigenvalue weighted by Gasteiger charge is -2.38. The number of nitrogens with zero attached hydrogens (tertiary/aromatic N) is 1. The van der Waals surface area contributed by atoms with Gasteiger partial charge in [-0.2, -0.15) is 0 Å². The molecule has 5 heteroatoms. The molecule has 2 unspecified atom stereocenters. The number of fused-ring (bicyclic) bond motifs is 1. The first kappa shape index (κ1) is 21.6. The first-order chi connectivity index (χ1) is 15.5. The van der Waals surface area contributed by atoms with E-state index in [1.165, 1.54) is 12.7 Å². The van der Waals surface area contributed by atoms with Gasteiger partial charge in [-0.05, 0) is 50.1 Å². The van der Waals surface area contributed by atoms with Gasteiger partial charge in [0, 0.05) is 28.9 Å². The number of benzene rings is 2. The van der Waals surface area contributed by atoms with Gasteiger partial charge in [0.15, 0.2) is 0 Å². The van der Waals surface area contributed by atoms with E-state index >= 15 is 0 Å². The molecule has 2 aromatic carbocycles. The van der Waals surface area contributed by atoms with Crippen molar-refractivity contribution in [3.63, 3.8) is 0 Å². The van der Waals surface area contributed by atoms with E-state index in [2.05, 4.69) is 55.4 Å². The zero-order valence-electron chi connectivity index (χ0n) is 18.9. The monoisotopic (exact) mass is 428 g/mol. The SMILES string of the molecule is COC(=O)c1ccc(C(CC=C(C)C)(c2c[nH]c3ccccc23)C2C=CC=N2)c(OC)c1. The molecule has 32 heavy (non-hydrogen) atoms. The highest BCUT2D eigenvalue weighted by molar-refractivity contribution is 5.90. The molecule has 0 radical (unpaired) electrons. The van der Waals surface area contributed by atoms with E-state index in [-0.39, 0.29) is 6.04 Å². The second kappa shape index (κ2) is 8.87. The van der Waals surface area contributed by atoms with Crippen molar-refractivity contribution >= 4 is 23.1 Å². The van der Waals surface area contributed by atoms with Gasteiger partial charge in [0.25, 0.3) is 0 Å². The van der Waals surface area contributed by atoms with Crippen LogP contribution in [0.25, 0.3) is 10.9 Å². The van der Waals surface area contributed by atoms with Gasteiger partial charge < -0.3 is 14.5 Å². The highest BCUT2D eigenvalue weighted by Crippen LogP contribution is 2.48. The Morgan fingerprint density at radius 3 is 2.66 bits per heavy atom. The molecule has 1 aromatic heterocycles. The Labute approximate surface area is 188 Å². The number of aliphatic imine (C=N–C) groups is 1. The summed E-state index contributed by atoms with van der Waals surface area (Å²) in [5, 5.41) is 1.14. The molecular formula is C27H28N2O3. The third kappa shape index (κ3) is 3.64. The summed E-state index contributed by atoms with van der Waals surface area (Å²) in [5.74, 6) is 0.242. The van der Waals surface area contributed by atoms with E-state index in [1.54, 1.807) is 19.2 Å². The smallest absolute Gasteiger partial charge is 0.337 e. The highest BCUT2D eigenvalue weighted by Gasteiger charge is 2.44.